The van der Waals surface area contributed by atoms with E-state index in [0.717, 1.165) is 31.6 Å². The first kappa shape index (κ1) is 14.8. The van der Waals surface area contributed by atoms with E-state index in [9.17, 15) is 4.79 Å². The highest BCUT2D eigenvalue weighted by atomic mass is 16.5. The van der Waals surface area contributed by atoms with Gasteiger partial charge < -0.3 is 10.5 Å². The summed E-state index contributed by atoms with van der Waals surface area (Å²) in [5.41, 5.74) is 4.82. The maximum absolute atomic E-state index is 11.7. The fourth-order valence-electron chi connectivity index (χ4n) is 2.80. The van der Waals surface area contributed by atoms with Crippen LogP contribution in [0.15, 0.2) is 0 Å². The van der Waals surface area contributed by atoms with Gasteiger partial charge in [0.2, 0.25) is 5.91 Å². The highest BCUT2D eigenvalue weighted by Gasteiger charge is 2.38. The third-order valence-electron chi connectivity index (χ3n) is 4.80. The lowest BCUT2D eigenvalue weighted by Gasteiger charge is -2.35. The second kappa shape index (κ2) is 5.80. The Balaban J connectivity index is 1.83. The molecule has 110 valence electrons. The standard InChI is InChI=1S/C15H28N2O2/c1-10-4-7-13(8-11(10)2)19-9-15(3,14(16)18)17-12-5-6-12/h10-13,17H,4-9H2,1-3H3,(H2,16,18). The first-order valence-electron chi connectivity index (χ1n) is 7.60. The van der Waals surface area contributed by atoms with Crippen molar-refractivity contribution in [3.05, 3.63) is 0 Å². The average molecular weight is 268 g/mol. The zero-order valence-corrected chi connectivity index (χ0v) is 12.4. The van der Waals surface area contributed by atoms with Crippen LogP contribution in [0, 0.1) is 11.8 Å². The Bertz CT molecular complexity index is 330. The second-order valence-electron chi connectivity index (χ2n) is 6.82. The van der Waals surface area contributed by atoms with Gasteiger partial charge in [0.05, 0.1) is 12.7 Å². The minimum Gasteiger partial charge on any atom is -0.376 e. The summed E-state index contributed by atoms with van der Waals surface area (Å²) in [7, 11) is 0. The SMILES string of the molecule is CC1CCC(OCC(C)(NC2CC2)C(N)=O)CC1C. The maximum Gasteiger partial charge on any atom is 0.239 e. The molecule has 0 aromatic heterocycles. The van der Waals surface area contributed by atoms with Gasteiger partial charge in [-0.1, -0.05) is 13.8 Å². The minimum atomic E-state index is -0.715. The van der Waals surface area contributed by atoms with E-state index >= 15 is 0 Å². The Labute approximate surface area is 116 Å². The molecule has 0 bridgehead atoms. The van der Waals surface area contributed by atoms with E-state index in [1.54, 1.807) is 0 Å². The van der Waals surface area contributed by atoms with E-state index in [2.05, 4.69) is 19.2 Å². The van der Waals surface area contributed by atoms with E-state index < -0.39 is 5.54 Å². The van der Waals surface area contributed by atoms with Crippen LogP contribution in [0.4, 0.5) is 0 Å². The fraction of sp³-hybridized carbons (Fsp3) is 0.933. The summed E-state index contributed by atoms with van der Waals surface area (Å²) < 4.78 is 5.99. The zero-order valence-electron chi connectivity index (χ0n) is 12.4. The third kappa shape index (κ3) is 3.93. The number of hydrogen-bond donors (Lipinski definition) is 2. The Morgan fingerprint density at radius 3 is 2.47 bits per heavy atom. The molecule has 4 heteroatoms. The molecule has 0 saturated heterocycles. The topological polar surface area (TPSA) is 64.3 Å². The van der Waals surface area contributed by atoms with Crippen LogP contribution in [0.3, 0.4) is 0 Å². The van der Waals surface area contributed by atoms with Gasteiger partial charge in [0.25, 0.3) is 0 Å². The molecule has 0 aliphatic heterocycles. The molecule has 2 fully saturated rings. The lowest BCUT2D eigenvalue weighted by molar-refractivity contribution is -0.128. The van der Waals surface area contributed by atoms with Gasteiger partial charge in [-0.15, -0.1) is 0 Å². The number of carbonyl (C=O) groups is 1. The highest BCUT2D eigenvalue weighted by molar-refractivity contribution is 5.84. The monoisotopic (exact) mass is 268 g/mol. The van der Waals surface area contributed by atoms with Crippen LogP contribution >= 0.6 is 0 Å². The molecule has 2 saturated carbocycles. The smallest absolute Gasteiger partial charge is 0.239 e. The molecule has 3 N–H and O–H groups in total. The van der Waals surface area contributed by atoms with Crippen LogP contribution in [0.25, 0.3) is 0 Å². The second-order valence-corrected chi connectivity index (χ2v) is 6.82. The van der Waals surface area contributed by atoms with Gasteiger partial charge in [-0.05, 0) is 50.9 Å². The number of nitrogens with one attached hydrogen (secondary N) is 1. The highest BCUT2D eigenvalue weighted by Crippen LogP contribution is 2.31. The van der Waals surface area contributed by atoms with Crippen molar-refractivity contribution in [2.45, 2.75) is 70.6 Å². The van der Waals surface area contributed by atoms with E-state index in [1.807, 2.05) is 6.92 Å². The molecular weight excluding hydrogens is 240 g/mol. The molecule has 4 atom stereocenters. The quantitative estimate of drug-likeness (QED) is 0.772. The van der Waals surface area contributed by atoms with Gasteiger partial charge in [-0.3, -0.25) is 10.1 Å². The van der Waals surface area contributed by atoms with Crippen LogP contribution in [-0.4, -0.2) is 30.2 Å². The number of primary amides is 1. The zero-order chi connectivity index (χ0) is 14.0. The Morgan fingerprint density at radius 2 is 1.95 bits per heavy atom. The Hall–Kier alpha value is -0.610. The first-order chi connectivity index (χ1) is 8.90. The van der Waals surface area contributed by atoms with Gasteiger partial charge in [-0.2, -0.15) is 0 Å². The van der Waals surface area contributed by atoms with Crippen LogP contribution in [-0.2, 0) is 9.53 Å². The van der Waals surface area contributed by atoms with Crippen molar-refractivity contribution in [1.82, 2.24) is 5.32 Å². The van der Waals surface area contributed by atoms with Crippen molar-refractivity contribution >= 4 is 5.91 Å². The van der Waals surface area contributed by atoms with Crippen LogP contribution in [0.2, 0.25) is 0 Å². The summed E-state index contributed by atoms with van der Waals surface area (Å²) in [5.74, 6) is 1.18. The molecule has 0 spiro atoms. The lowest BCUT2D eigenvalue weighted by atomic mass is 9.80. The normalized spacial score (nSPS) is 34.8. The van der Waals surface area contributed by atoms with Crippen molar-refractivity contribution in [2.24, 2.45) is 17.6 Å². The number of nitrogens with two attached hydrogens (primary N) is 1. The fourth-order valence-corrected chi connectivity index (χ4v) is 2.80. The molecular formula is C15H28N2O2. The summed E-state index contributed by atoms with van der Waals surface area (Å²) >= 11 is 0. The van der Waals surface area contributed by atoms with Crippen molar-refractivity contribution in [2.75, 3.05) is 6.61 Å². The van der Waals surface area contributed by atoms with Crippen molar-refractivity contribution < 1.29 is 9.53 Å². The minimum absolute atomic E-state index is 0.283. The molecule has 2 aliphatic rings. The number of carbonyl (C=O) groups excluding carboxylic acids is 1. The van der Waals surface area contributed by atoms with E-state index in [-0.39, 0.29) is 12.0 Å². The molecule has 0 radical (unpaired) electrons. The summed E-state index contributed by atoms with van der Waals surface area (Å²) in [5, 5.41) is 3.33. The molecule has 4 nitrogen and oxygen atoms in total. The molecule has 19 heavy (non-hydrogen) atoms. The predicted molar refractivity (Wildman–Crippen MR) is 75.7 cm³/mol. The van der Waals surface area contributed by atoms with Crippen LogP contribution < -0.4 is 11.1 Å². The maximum atomic E-state index is 11.7. The van der Waals surface area contributed by atoms with Gasteiger partial charge in [-0.25, -0.2) is 0 Å². The summed E-state index contributed by atoms with van der Waals surface area (Å²) in [6.07, 6.45) is 5.98. The van der Waals surface area contributed by atoms with Crippen LogP contribution in [0.1, 0.15) is 52.9 Å². The predicted octanol–water partition coefficient (Wildman–Crippen LogP) is 1.82. The van der Waals surface area contributed by atoms with Crippen molar-refractivity contribution in [3.63, 3.8) is 0 Å². The van der Waals surface area contributed by atoms with Crippen molar-refractivity contribution in [3.8, 4) is 0 Å². The number of hydrogen-bond acceptors (Lipinski definition) is 3. The average Bonchev–Trinajstić information content (AvgIpc) is 3.14. The van der Waals surface area contributed by atoms with E-state index in [1.165, 1.54) is 6.42 Å². The molecule has 4 unspecified atom stereocenters. The van der Waals surface area contributed by atoms with E-state index in [0.29, 0.717) is 18.6 Å². The van der Waals surface area contributed by atoms with E-state index in [4.69, 9.17) is 10.5 Å². The third-order valence-corrected chi connectivity index (χ3v) is 4.80. The van der Waals surface area contributed by atoms with Gasteiger partial charge in [0.15, 0.2) is 0 Å². The molecule has 0 aromatic rings. The number of ether oxygens (including phenoxy) is 1. The van der Waals surface area contributed by atoms with Gasteiger partial charge >= 0.3 is 0 Å². The molecule has 1 amide bonds. The summed E-state index contributed by atoms with van der Waals surface area (Å²) in [6, 6.07) is 0.450. The molecule has 2 rings (SSSR count). The van der Waals surface area contributed by atoms with Crippen LogP contribution in [0.5, 0.6) is 0 Å². The van der Waals surface area contributed by atoms with Gasteiger partial charge in [0.1, 0.15) is 5.54 Å². The molecule has 0 heterocycles. The number of rotatable bonds is 6. The number of amides is 1. The summed E-state index contributed by atoms with van der Waals surface area (Å²) in [4.78, 5) is 11.7. The van der Waals surface area contributed by atoms with Crippen molar-refractivity contribution in [1.29, 1.82) is 0 Å². The largest absolute Gasteiger partial charge is 0.376 e. The van der Waals surface area contributed by atoms with Gasteiger partial charge in [0, 0.05) is 6.04 Å². The first-order valence-corrected chi connectivity index (χ1v) is 7.60. The Kier molecular flexibility index (Phi) is 4.51. The molecule has 0 aromatic carbocycles. The lowest BCUT2D eigenvalue weighted by Crippen LogP contribution is -2.57. The summed E-state index contributed by atoms with van der Waals surface area (Å²) in [6.45, 7) is 6.85. The molecule has 2 aliphatic carbocycles. The Morgan fingerprint density at radius 1 is 1.26 bits per heavy atom.